The Bertz CT molecular complexity index is 185. The number of hydrogen-bond donors (Lipinski definition) is 2. The molecule has 0 aromatic carbocycles. The van der Waals surface area contributed by atoms with Crippen molar-refractivity contribution in [1.82, 2.24) is 10.3 Å². The first kappa shape index (κ1) is 8.35. The van der Waals surface area contributed by atoms with E-state index in [0.29, 0.717) is 11.6 Å². The van der Waals surface area contributed by atoms with Crippen molar-refractivity contribution < 1.29 is 9.59 Å². The number of rotatable bonds is 2. The molecule has 1 fully saturated rings. The molecule has 0 aromatic rings. The summed E-state index contributed by atoms with van der Waals surface area (Å²) in [5.74, 6) is 5.58. The zero-order valence-electron chi connectivity index (χ0n) is 5.87. The Kier molecular flexibility index (Phi) is 2.72. The Balaban J connectivity index is 2.36. The number of nitrogens with one attached hydrogen (secondary N) is 1. The summed E-state index contributed by atoms with van der Waals surface area (Å²) in [5.41, 5.74) is 1.97. The van der Waals surface area contributed by atoms with E-state index in [4.69, 9.17) is 5.84 Å². The molecule has 6 heteroatoms. The summed E-state index contributed by atoms with van der Waals surface area (Å²) in [5, 5.41) is 0. The van der Waals surface area contributed by atoms with Gasteiger partial charge in [0.25, 0.3) is 5.91 Å². The number of hydrazine groups is 1. The second-order valence-corrected chi connectivity index (χ2v) is 3.09. The summed E-state index contributed by atoms with van der Waals surface area (Å²) in [6.07, 6.45) is 0. The molecule has 1 saturated heterocycles. The summed E-state index contributed by atoms with van der Waals surface area (Å²) < 4.78 is 0. The van der Waals surface area contributed by atoms with Gasteiger partial charge in [-0.25, -0.2) is 5.84 Å². The Labute approximate surface area is 68.3 Å². The molecule has 0 atom stereocenters. The lowest BCUT2D eigenvalue weighted by atomic mass is 10.5. The van der Waals surface area contributed by atoms with E-state index in [2.05, 4.69) is 0 Å². The molecule has 62 valence electrons. The van der Waals surface area contributed by atoms with Gasteiger partial charge >= 0.3 is 0 Å². The van der Waals surface area contributed by atoms with Gasteiger partial charge in [-0.3, -0.25) is 15.0 Å². The van der Waals surface area contributed by atoms with Crippen LogP contribution in [0.2, 0.25) is 0 Å². The molecule has 0 spiro atoms. The Morgan fingerprint density at radius 1 is 1.82 bits per heavy atom. The first-order valence-electron chi connectivity index (χ1n) is 3.09. The third-order valence-electron chi connectivity index (χ3n) is 1.32. The van der Waals surface area contributed by atoms with Crippen molar-refractivity contribution in [3.8, 4) is 0 Å². The quantitative estimate of drug-likeness (QED) is 0.304. The van der Waals surface area contributed by atoms with Crippen LogP contribution in [0.4, 0.5) is 0 Å². The van der Waals surface area contributed by atoms with Crippen molar-refractivity contribution in [2.24, 2.45) is 5.84 Å². The minimum atomic E-state index is -0.333. The molecule has 5 nitrogen and oxygen atoms in total. The molecule has 3 N–H and O–H groups in total. The number of hydrogen-bond acceptors (Lipinski definition) is 4. The van der Waals surface area contributed by atoms with Crippen LogP contribution in [0, 0.1) is 0 Å². The van der Waals surface area contributed by atoms with E-state index >= 15 is 0 Å². The number of nitrogens with zero attached hydrogens (tertiary/aromatic N) is 1. The average molecular weight is 175 g/mol. The van der Waals surface area contributed by atoms with Crippen molar-refractivity contribution in [1.29, 1.82) is 0 Å². The molecular weight excluding hydrogens is 166 g/mol. The second-order valence-electron chi connectivity index (χ2n) is 2.14. The van der Waals surface area contributed by atoms with Gasteiger partial charge in [0, 0.05) is 0 Å². The third-order valence-corrected chi connectivity index (χ3v) is 2.27. The van der Waals surface area contributed by atoms with Crippen LogP contribution < -0.4 is 11.3 Å². The summed E-state index contributed by atoms with van der Waals surface area (Å²) in [7, 11) is 0. The van der Waals surface area contributed by atoms with Crippen LogP contribution >= 0.6 is 11.8 Å². The molecule has 1 aliphatic rings. The molecule has 1 aliphatic heterocycles. The van der Waals surface area contributed by atoms with Crippen molar-refractivity contribution in [2.75, 3.05) is 18.2 Å². The molecule has 0 saturated carbocycles. The molecule has 11 heavy (non-hydrogen) atoms. The summed E-state index contributed by atoms with van der Waals surface area (Å²) >= 11 is 1.50. The van der Waals surface area contributed by atoms with E-state index in [-0.39, 0.29) is 18.4 Å². The van der Waals surface area contributed by atoms with Crippen LogP contribution in [0.15, 0.2) is 0 Å². The number of carbonyl (C=O) groups excluding carboxylic acids is 2. The van der Waals surface area contributed by atoms with Gasteiger partial charge in [0.1, 0.15) is 6.54 Å². The fraction of sp³-hybridized carbons (Fsp3) is 0.600. The van der Waals surface area contributed by atoms with Crippen LogP contribution in [0.25, 0.3) is 0 Å². The highest BCUT2D eigenvalue weighted by molar-refractivity contribution is 8.00. The summed E-state index contributed by atoms with van der Waals surface area (Å²) in [6, 6.07) is 0. The van der Waals surface area contributed by atoms with Gasteiger partial charge in [0.05, 0.1) is 11.6 Å². The van der Waals surface area contributed by atoms with E-state index in [1.54, 1.807) is 0 Å². The molecule has 2 amide bonds. The van der Waals surface area contributed by atoms with E-state index in [0.717, 1.165) is 0 Å². The van der Waals surface area contributed by atoms with Crippen LogP contribution in [-0.4, -0.2) is 34.9 Å². The number of thioether (sulfide) groups is 1. The summed E-state index contributed by atoms with van der Waals surface area (Å²) in [6.45, 7) is 0.0718. The lowest BCUT2D eigenvalue weighted by molar-refractivity contribution is -0.132. The predicted octanol–water partition coefficient (Wildman–Crippen LogP) is -1.49. The lowest BCUT2D eigenvalue weighted by Gasteiger charge is -2.11. The number of amides is 2. The van der Waals surface area contributed by atoms with Crippen molar-refractivity contribution in [3.05, 3.63) is 0 Å². The monoisotopic (exact) mass is 175 g/mol. The van der Waals surface area contributed by atoms with Gasteiger partial charge in [0.15, 0.2) is 0 Å². The highest BCUT2D eigenvalue weighted by atomic mass is 32.2. The highest BCUT2D eigenvalue weighted by Crippen LogP contribution is 2.13. The fourth-order valence-electron chi connectivity index (χ4n) is 0.759. The van der Waals surface area contributed by atoms with E-state index < -0.39 is 0 Å². The second kappa shape index (κ2) is 3.59. The molecule has 0 aliphatic carbocycles. The third kappa shape index (κ3) is 2.09. The van der Waals surface area contributed by atoms with Gasteiger partial charge in [-0.15, -0.1) is 11.8 Å². The maximum Gasteiger partial charge on any atom is 0.253 e. The SMILES string of the molecule is NNC(=O)CN1CSCC1=O. The van der Waals surface area contributed by atoms with E-state index in [1.807, 2.05) is 5.43 Å². The average Bonchev–Trinajstić information content (AvgIpc) is 2.37. The molecule has 0 aromatic heterocycles. The van der Waals surface area contributed by atoms with E-state index in [1.165, 1.54) is 16.7 Å². The lowest BCUT2D eigenvalue weighted by Crippen LogP contribution is -2.41. The van der Waals surface area contributed by atoms with Gasteiger partial charge in [-0.2, -0.15) is 0 Å². The molecule has 0 bridgehead atoms. The topological polar surface area (TPSA) is 75.4 Å². The molecular formula is C5H9N3O2S. The van der Waals surface area contributed by atoms with Gasteiger partial charge in [0.2, 0.25) is 5.91 Å². The van der Waals surface area contributed by atoms with Crippen molar-refractivity contribution in [3.63, 3.8) is 0 Å². The zero-order valence-corrected chi connectivity index (χ0v) is 6.69. The van der Waals surface area contributed by atoms with Crippen LogP contribution in [0.5, 0.6) is 0 Å². The fourth-order valence-corrected chi connectivity index (χ4v) is 1.66. The molecule has 1 heterocycles. The summed E-state index contributed by atoms with van der Waals surface area (Å²) in [4.78, 5) is 23.0. The molecule has 0 unspecified atom stereocenters. The molecule has 1 rings (SSSR count). The Hall–Kier alpha value is -0.750. The van der Waals surface area contributed by atoms with Crippen LogP contribution in [-0.2, 0) is 9.59 Å². The highest BCUT2D eigenvalue weighted by Gasteiger charge is 2.22. The standard InChI is InChI=1S/C5H9N3O2S/c6-7-4(9)1-8-3-11-2-5(8)10/h1-3,6H2,(H,7,9). The van der Waals surface area contributed by atoms with Gasteiger partial charge in [-0.1, -0.05) is 0 Å². The maximum atomic E-state index is 10.9. The Morgan fingerprint density at radius 3 is 3.00 bits per heavy atom. The predicted molar refractivity (Wildman–Crippen MR) is 41.4 cm³/mol. The number of nitrogens with two attached hydrogens (primary N) is 1. The number of carbonyl (C=O) groups is 2. The van der Waals surface area contributed by atoms with Gasteiger partial charge < -0.3 is 4.90 Å². The Morgan fingerprint density at radius 2 is 2.55 bits per heavy atom. The van der Waals surface area contributed by atoms with E-state index in [9.17, 15) is 9.59 Å². The van der Waals surface area contributed by atoms with Crippen LogP contribution in [0.1, 0.15) is 0 Å². The van der Waals surface area contributed by atoms with Crippen LogP contribution in [0.3, 0.4) is 0 Å². The van der Waals surface area contributed by atoms with Crippen molar-refractivity contribution >= 4 is 23.6 Å². The normalized spacial score (nSPS) is 17.2. The van der Waals surface area contributed by atoms with Gasteiger partial charge in [-0.05, 0) is 0 Å². The minimum absolute atomic E-state index is 0.00130. The largest absolute Gasteiger partial charge is 0.323 e. The maximum absolute atomic E-state index is 10.9. The minimum Gasteiger partial charge on any atom is -0.323 e. The smallest absolute Gasteiger partial charge is 0.253 e. The first-order chi connectivity index (χ1) is 5.24. The van der Waals surface area contributed by atoms with Crippen molar-refractivity contribution in [2.45, 2.75) is 0 Å². The first-order valence-corrected chi connectivity index (χ1v) is 4.24. The molecule has 0 radical (unpaired) electrons. The zero-order chi connectivity index (χ0) is 8.27.